The van der Waals surface area contributed by atoms with Gasteiger partial charge in [0.25, 0.3) is 5.91 Å². The summed E-state index contributed by atoms with van der Waals surface area (Å²) in [6.45, 7) is 0.199. The molecular formula is C19H17N3O4S. The maximum atomic E-state index is 12.7. The van der Waals surface area contributed by atoms with E-state index in [4.69, 9.17) is 6.42 Å². The molecule has 0 bridgehead atoms. The molecule has 2 N–H and O–H groups in total. The first-order valence-corrected chi connectivity index (χ1v) is 9.59. The van der Waals surface area contributed by atoms with E-state index >= 15 is 0 Å². The van der Waals surface area contributed by atoms with Crippen LogP contribution in [0.1, 0.15) is 15.9 Å². The van der Waals surface area contributed by atoms with Gasteiger partial charge in [0.2, 0.25) is 15.9 Å². The van der Waals surface area contributed by atoms with Crippen molar-refractivity contribution < 1.29 is 18.0 Å². The summed E-state index contributed by atoms with van der Waals surface area (Å²) in [6, 6.07) is 12.5. The minimum atomic E-state index is -3.87. The number of nitrogens with one attached hydrogen (secondary N) is 2. The average molecular weight is 383 g/mol. The number of terminal acetylenes is 1. The molecule has 0 radical (unpaired) electrons. The lowest BCUT2D eigenvalue weighted by Gasteiger charge is -2.26. The number of carbonyl (C=O) groups is 2. The lowest BCUT2D eigenvalue weighted by Crippen LogP contribution is -2.49. The Bertz CT molecular complexity index is 1040. The second-order valence-electron chi connectivity index (χ2n) is 5.90. The van der Waals surface area contributed by atoms with Gasteiger partial charge < -0.3 is 10.6 Å². The van der Waals surface area contributed by atoms with Crippen LogP contribution >= 0.6 is 0 Å². The molecule has 138 valence electrons. The summed E-state index contributed by atoms with van der Waals surface area (Å²) in [5, 5.41) is 5.27. The van der Waals surface area contributed by atoms with Gasteiger partial charge in [0, 0.05) is 29.9 Å². The number of sulfonamides is 1. The fourth-order valence-electron chi connectivity index (χ4n) is 2.66. The van der Waals surface area contributed by atoms with Gasteiger partial charge >= 0.3 is 0 Å². The largest absolute Gasteiger partial charge is 0.354 e. The number of hydrogen-bond donors (Lipinski definition) is 2. The first-order valence-electron chi connectivity index (χ1n) is 8.15. The van der Waals surface area contributed by atoms with Crippen LogP contribution in [0.15, 0.2) is 53.4 Å². The molecule has 0 saturated carbocycles. The summed E-state index contributed by atoms with van der Waals surface area (Å²) in [5.74, 6) is 1.67. The molecule has 2 amide bonds. The highest BCUT2D eigenvalue weighted by atomic mass is 32.2. The molecule has 7 nitrogen and oxygen atoms in total. The smallest absolute Gasteiger partial charge is 0.255 e. The number of nitrogens with zero attached hydrogens (tertiary/aromatic N) is 1. The average Bonchev–Trinajstić information content (AvgIpc) is 2.68. The van der Waals surface area contributed by atoms with E-state index < -0.39 is 15.9 Å². The van der Waals surface area contributed by atoms with E-state index in [1.165, 1.54) is 24.3 Å². The Labute approximate surface area is 157 Å². The summed E-state index contributed by atoms with van der Waals surface area (Å²) < 4.78 is 26.6. The second-order valence-corrected chi connectivity index (χ2v) is 7.83. The molecule has 2 aromatic rings. The van der Waals surface area contributed by atoms with Gasteiger partial charge in [0.05, 0.1) is 11.4 Å². The maximum Gasteiger partial charge on any atom is 0.255 e. The monoisotopic (exact) mass is 383 g/mol. The molecule has 0 aliphatic carbocycles. The predicted octanol–water partition coefficient (Wildman–Crippen LogP) is 1.04. The van der Waals surface area contributed by atoms with Crippen molar-refractivity contribution in [2.75, 3.05) is 25.0 Å². The topological polar surface area (TPSA) is 95.6 Å². The van der Waals surface area contributed by atoms with Gasteiger partial charge in [0.15, 0.2) is 0 Å². The van der Waals surface area contributed by atoms with E-state index in [-0.39, 0.29) is 36.0 Å². The van der Waals surface area contributed by atoms with Crippen molar-refractivity contribution in [2.45, 2.75) is 4.90 Å². The standard InChI is InChI=1S/C19H17N3O4S/c1-2-14-5-3-7-16(11-14)21-19(24)15-6-4-8-17(12-15)27(25,26)22-10-9-20-18(23)13-22/h1,3-8,11-12H,9-10,13H2,(H,20,23)(H,21,24). The Morgan fingerprint density at radius 1 is 1.19 bits per heavy atom. The quantitative estimate of drug-likeness (QED) is 0.771. The number of rotatable bonds is 4. The van der Waals surface area contributed by atoms with Crippen LogP contribution in [-0.2, 0) is 14.8 Å². The third-order valence-electron chi connectivity index (χ3n) is 4.02. The molecule has 2 aromatic carbocycles. The Balaban J connectivity index is 1.83. The zero-order valence-corrected chi connectivity index (χ0v) is 15.1. The second kappa shape index (κ2) is 7.61. The van der Waals surface area contributed by atoms with Gasteiger partial charge in [0.1, 0.15) is 0 Å². The summed E-state index contributed by atoms with van der Waals surface area (Å²) in [7, 11) is -3.87. The maximum absolute atomic E-state index is 12.7. The van der Waals surface area contributed by atoms with Crippen LogP contribution in [0.4, 0.5) is 5.69 Å². The van der Waals surface area contributed by atoms with Crippen LogP contribution in [0.5, 0.6) is 0 Å². The molecule has 0 aromatic heterocycles. The minimum Gasteiger partial charge on any atom is -0.354 e. The van der Waals surface area contributed by atoms with Crippen LogP contribution in [0.3, 0.4) is 0 Å². The van der Waals surface area contributed by atoms with E-state index in [2.05, 4.69) is 16.6 Å². The third-order valence-corrected chi connectivity index (χ3v) is 5.87. The molecule has 1 fully saturated rings. The number of piperazine rings is 1. The van der Waals surface area contributed by atoms with Crippen molar-refractivity contribution in [2.24, 2.45) is 0 Å². The first kappa shape index (κ1) is 18.6. The van der Waals surface area contributed by atoms with E-state index in [9.17, 15) is 18.0 Å². The van der Waals surface area contributed by atoms with Crippen LogP contribution in [0.25, 0.3) is 0 Å². The molecule has 8 heteroatoms. The van der Waals surface area contributed by atoms with Gasteiger partial charge in [-0.2, -0.15) is 4.31 Å². The SMILES string of the molecule is C#Cc1cccc(NC(=O)c2cccc(S(=O)(=O)N3CCNC(=O)C3)c2)c1. The first-order chi connectivity index (χ1) is 12.9. The van der Waals surface area contributed by atoms with Crippen molar-refractivity contribution >= 4 is 27.5 Å². The lowest BCUT2D eigenvalue weighted by atomic mass is 10.2. The van der Waals surface area contributed by atoms with Crippen LogP contribution < -0.4 is 10.6 Å². The fourth-order valence-corrected chi connectivity index (χ4v) is 4.10. The van der Waals surface area contributed by atoms with E-state index in [1.807, 2.05) is 0 Å². The van der Waals surface area contributed by atoms with Gasteiger partial charge in [-0.15, -0.1) is 6.42 Å². The van der Waals surface area contributed by atoms with Gasteiger partial charge in [-0.3, -0.25) is 9.59 Å². The van der Waals surface area contributed by atoms with E-state index in [1.54, 1.807) is 24.3 Å². The Hall–Kier alpha value is -3.15. The molecule has 1 aliphatic rings. The van der Waals surface area contributed by atoms with Crippen LogP contribution in [0, 0.1) is 12.3 Å². The number of hydrogen-bond acceptors (Lipinski definition) is 4. The summed E-state index contributed by atoms with van der Waals surface area (Å²) in [4.78, 5) is 23.9. The van der Waals surface area contributed by atoms with Crippen molar-refractivity contribution in [1.82, 2.24) is 9.62 Å². The fraction of sp³-hybridized carbons (Fsp3) is 0.158. The molecular weight excluding hydrogens is 366 g/mol. The molecule has 1 saturated heterocycles. The van der Waals surface area contributed by atoms with Crippen molar-refractivity contribution in [1.29, 1.82) is 0 Å². The van der Waals surface area contributed by atoms with Crippen molar-refractivity contribution in [3.63, 3.8) is 0 Å². The highest BCUT2D eigenvalue weighted by Gasteiger charge is 2.29. The molecule has 0 spiro atoms. The van der Waals surface area contributed by atoms with E-state index in [0.29, 0.717) is 11.3 Å². The number of anilines is 1. The molecule has 0 unspecified atom stereocenters. The highest BCUT2D eigenvalue weighted by molar-refractivity contribution is 7.89. The summed E-state index contributed by atoms with van der Waals surface area (Å²) >= 11 is 0. The lowest BCUT2D eigenvalue weighted by molar-refractivity contribution is -0.122. The molecule has 3 rings (SSSR count). The Morgan fingerprint density at radius 3 is 2.70 bits per heavy atom. The predicted molar refractivity (Wildman–Crippen MR) is 101 cm³/mol. The number of amides is 2. The van der Waals surface area contributed by atoms with Crippen LogP contribution in [-0.4, -0.2) is 44.2 Å². The third kappa shape index (κ3) is 4.16. The van der Waals surface area contributed by atoms with Crippen LogP contribution in [0.2, 0.25) is 0 Å². The molecule has 1 heterocycles. The highest BCUT2D eigenvalue weighted by Crippen LogP contribution is 2.19. The zero-order valence-electron chi connectivity index (χ0n) is 14.3. The Kier molecular flexibility index (Phi) is 5.26. The normalized spacial score (nSPS) is 14.9. The van der Waals surface area contributed by atoms with E-state index in [0.717, 1.165) is 4.31 Å². The molecule has 0 atom stereocenters. The zero-order chi connectivity index (χ0) is 19.4. The molecule has 27 heavy (non-hydrogen) atoms. The molecule has 1 aliphatic heterocycles. The summed E-state index contributed by atoms with van der Waals surface area (Å²) in [5.41, 5.74) is 1.31. The van der Waals surface area contributed by atoms with Gasteiger partial charge in [-0.1, -0.05) is 18.1 Å². The number of benzene rings is 2. The number of carbonyl (C=O) groups excluding carboxylic acids is 2. The minimum absolute atomic E-state index is 0.0396. The van der Waals surface area contributed by atoms with Gasteiger partial charge in [-0.05, 0) is 36.4 Å². The summed E-state index contributed by atoms with van der Waals surface area (Å²) in [6.07, 6.45) is 5.35. The van der Waals surface area contributed by atoms with Crippen molar-refractivity contribution in [3.8, 4) is 12.3 Å². The Morgan fingerprint density at radius 2 is 1.96 bits per heavy atom. The van der Waals surface area contributed by atoms with Gasteiger partial charge in [-0.25, -0.2) is 8.42 Å². The van der Waals surface area contributed by atoms with Crippen molar-refractivity contribution in [3.05, 3.63) is 59.7 Å².